The van der Waals surface area contributed by atoms with E-state index < -0.39 is 22.1 Å². The van der Waals surface area contributed by atoms with Gasteiger partial charge in [0.2, 0.25) is 0 Å². The van der Waals surface area contributed by atoms with Crippen LogP contribution >= 0.6 is 39.0 Å². The second kappa shape index (κ2) is 5.85. The lowest BCUT2D eigenvalue weighted by molar-refractivity contribution is -0.145. The fraction of sp³-hybridized carbons (Fsp3) is 0.500. The molecule has 2 N–H and O–H groups in total. The highest BCUT2D eigenvalue weighted by Gasteiger charge is 2.50. The van der Waals surface area contributed by atoms with Crippen molar-refractivity contribution in [3.8, 4) is 0 Å². The molecule has 106 valence electrons. The Hall–Kier alpha value is -0.530. The standard InChI is InChI=1S/C12H15BrO4S2/c1-11(2,6-8(14)15)12(3,10(16)17)19-9-7(13)4-5-18-9/h4-5H,6H2,1-3H3,(H,14,15)(H,16,17). The molecule has 0 amide bonds. The number of carboxylic acid groups (broad SMARTS) is 2. The molecule has 0 saturated carbocycles. The Morgan fingerprint density at radius 1 is 1.37 bits per heavy atom. The maximum absolute atomic E-state index is 11.7. The quantitative estimate of drug-likeness (QED) is 0.745. The third-order valence-corrected chi connectivity index (χ3v) is 7.15. The molecule has 1 unspecified atom stereocenters. The summed E-state index contributed by atoms with van der Waals surface area (Å²) in [6, 6.07) is 1.85. The molecule has 0 aliphatic rings. The van der Waals surface area contributed by atoms with Gasteiger partial charge in [-0.25, -0.2) is 0 Å². The maximum atomic E-state index is 11.7. The van der Waals surface area contributed by atoms with E-state index in [4.69, 9.17) is 5.11 Å². The molecule has 1 atom stereocenters. The predicted octanol–water partition coefficient (Wildman–Crippen LogP) is 3.95. The Balaban J connectivity index is 3.14. The molecule has 1 aromatic rings. The van der Waals surface area contributed by atoms with E-state index in [0.717, 1.165) is 8.68 Å². The van der Waals surface area contributed by atoms with Crippen LogP contribution in [0.1, 0.15) is 27.2 Å². The van der Waals surface area contributed by atoms with Crippen molar-refractivity contribution in [1.82, 2.24) is 0 Å². The minimum Gasteiger partial charge on any atom is -0.481 e. The molecule has 0 saturated heterocycles. The Kier molecular flexibility index (Phi) is 5.08. The molecule has 0 aromatic carbocycles. The van der Waals surface area contributed by atoms with Gasteiger partial charge in [-0.15, -0.1) is 11.3 Å². The lowest BCUT2D eigenvalue weighted by Gasteiger charge is -2.39. The molecule has 19 heavy (non-hydrogen) atoms. The molecule has 0 radical (unpaired) electrons. The van der Waals surface area contributed by atoms with Crippen LogP contribution in [0, 0.1) is 5.41 Å². The minimum absolute atomic E-state index is 0.203. The molecular formula is C12H15BrO4S2. The van der Waals surface area contributed by atoms with Crippen LogP contribution in [-0.4, -0.2) is 26.9 Å². The molecule has 0 aliphatic carbocycles. The first-order valence-electron chi connectivity index (χ1n) is 5.47. The van der Waals surface area contributed by atoms with Gasteiger partial charge < -0.3 is 10.2 Å². The Morgan fingerprint density at radius 3 is 2.32 bits per heavy atom. The van der Waals surface area contributed by atoms with Crippen LogP contribution in [0.3, 0.4) is 0 Å². The van der Waals surface area contributed by atoms with Gasteiger partial charge in [-0.2, -0.15) is 0 Å². The Labute approximate surface area is 128 Å². The van der Waals surface area contributed by atoms with E-state index >= 15 is 0 Å². The summed E-state index contributed by atoms with van der Waals surface area (Å²) >= 11 is 5.99. The van der Waals surface area contributed by atoms with Crippen molar-refractivity contribution in [3.63, 3.8) is 0 Å². The highest BCUT2D eigenvalue weighted by atomic mass is 79.9. The van der Waals surface area contributed by atoms with Crippen molar-refractivity contribution in [2.75, 3.05) is 0 Å². The number of rotatable bonds is 6. The van der Waals surface area contributed by atoms with Crippen LogP contribution in [0.2, 0.25) is 0 Å². The van der Waals surface area contributed by atoms with Crippen LogP contribution in [0.25, 0.3) is 0 Å². The van der Waals surface area contributed by atoms with Crippen molar-refractivity contribution in [1.29, 1.82) is 0 Å². The van der Waals surface area contributed by atoms with E-state index in [2.05, 4.69) is 15.9 Å². The summed E-state index contributed by atoms with van der Waals surface area (Å²) in [7, 11) is 0. The van der Waals surface area contributed by atoms with Crippen LogP contribution < -0.4 is 0 Å². The Morgan fingerprint density at radius 2 is 1.95 bits per heavy atom. The van der Waals surface area contributed by atoms with Gasteiger partial charge in [0.05, 0.1) is 10.6 Å². The fourth-order valence-corrected chi connectivity index (χ4v) is 4.73. The van der Waals surface area contributed by atoms with E-state index in [-0.39, 0.29) is 6.42 Å². The van der Waals surface area contributed by atoms with Gasteiger partial charge in [0.25, 0.3) is 0 Å². The smallest absolute Gasteiger partial charge is 0.320 e. The summed E-state index contributed by atoms with van der Waals surface area (Å²) in [5.41, 5.74) is -0.890. The number of carbonyl (C=O) groups is 2. The Bertz CT molecular complexity index is 498. The SMILES string of the molecule is CC(C)(CC(=O)O)C(C)(Sc1sccc1Br)C(=O)O. The van der Waals surface area contributed by atoms with Crippen molar-refractivity contribution in [3.05, 3.63) is 15.9 Å². The highest BCUT2D eigenvalue weighted by Crippen LogP contribution is 2.50. The monoisotopic (exact) mass is 366 g/mol. The molecule has 7 heteroatoms. The van der Waals surface area contributed by atoms with E-state index in [0.29, 0.717) is 0 Å². The lowest BCUT2D eigenvalue weighted by atomic mass is 9.76. The van der Waals surface area contributed by atoms with Gasteiger partial charge in [0.1, 0.15) is 4.75 Å². The number of carboxylic acids is 2. The van der Waals surface area contributed by atoms with Gasteiger partial charge in [0, 0.05) is 9.89 Å². The number of hydrogen-bond donors (Lipinski definition) is 2. The van der Waals surface area contributed by atoms with E-state index in [1.807, 2.05) is 11.4 Å². The topological polar surface area (TPSA) is 74.6 Å². The van der Waals surface area contributed by atoms with Crippen LogP contribution in [-0.2, 0) is 9.59 Å². The van der Waals surface area contributed by atoms with Crippen molar-refractivity contribution in [2.45, 2.75) is 36.1 Å². The molecular weight excluding hydrogens is 352 g/mol. The van der Waals surface area contributed by atoms with Gasteiger partial charge in [-0.3, -0.25) is 9.59 Å². The second-order valence-electron chi connectivity index (χ2n) is 4.95. The number of thioether (sulfide) groups is 1. The van der Waals surface area contributed by atoms with Gasteiger partial charge in [-0.05, 0) is 34.3 Å². The van der Waals surface area contributed by atoms with E-state index in [1.165, 1.54) is 23.1 Å². The second-order valence-corrected chi connectivity index (χ2v) is 8.41. The molecule has 1 rings (SSSR count). The number of hydrogen-bond acceptors (Lipinski definition) is 4. The summed E-state index contributed by atoms with van der Waals surface area (Å²) in [6.45, 7) is 4.92. The zero-order valence-electron chi connectivity index (χ0n) is 10.8. The summed E-state index contributed by atoms with van der Waals surface area (Å²) in [5, 5.41) is 20.4. The normalized spacial score (nSPS) is 14.9. The maximum Gasteiger partial charge on any atom is 0.320 e. The van der Waals surface area contributed by atoms with E-state index in [9.17, 15) is 14.7 Å². The molecule has 0 fully saturated rings. The summed E-state index contributed by atoms with van der Waals surface area (Å²) < 4.78 is 0.447. The van der Waals surface area contributed by atoms with Gasteiger partial charge in [-0.1, -0.05) is 25.6 Å². The molecule has 0 spiro atoms. The summed E-state index contributed by atoms with van der Waals surface area (Å²) in [5.74, 6) is -2.01. The zero-order chi connectivity index (χ0) is 14.8. The van der Waals surface area contributed by atoms with Crippen LogP contribution in [0.4, 0.5) is 0 Å². The predicted molar refractivity (Wildman–Crippen MR) is 80.0 cm³/mol. The first kappa shape index (κ1) is 16.5. The summed E-state index contributed by atoms with van der Waals surface area (Å²) in [4.78, 5) is 22.6. The number of thiophene rings is 1. The highest BCUT2D eigenvalue weighted by molar-refractivity contribution is 9.10. The largest absolute Gasteiger partial charge is 0.481 e. The third-order valence-electron chi connectivity index (χ3n) is 3.17. The van der Waals surface area contributed by atoms with Crippen molar-refractivity contribution < 1.29 is 19.8 Å². The third kappa shape index (κ3) is 3.52. The fourth-order valence-electron chi connectivity index (χ4n) is 1.56. The van der Waals surface area contributed by atoms with Crippen LogP contribution in [0.5, 0.6) is 0 Å². The molecule has 0 bridgehead atoms. The van der Waals surface area contributed by atoms with E-state index in [1.54, 1.807) is 20.8 Å². The molecule has 4 nitrogen and oxygen atoms in total. The summed E-state index contributed by atoms with van der Waals surface area (Å²) in [6.07, 6.45) is -0.203. The van der Waals surface area contributed by atoms with Crippen molar-refractivity contribution in [2.24, 2.45) is 5.41 Å². The molecule has 1 heterocycles. The number of halogens is 1. The number of aliphatic carboxylic acids is 2. The molecule has 1 aromatic heterocycles. The average molecular weight is 367 g/mol. The average Bonchev–Trinajstić information content (AvgIpc) is 2.61. The minimum atomic E-state index is -1.22. The van der Waals surface area contributed by atoms with Gasteiger partial charge >= 0.3 is 11.9 Å². The molecule has 0 aliphatic heterocycles. The van der Waals surface area contributed by atoms with Gasteiger partial charge in [0.15, 0.2) is 0 Å². The van der Waals surface area contributed by atoms with Crippen LogP contribution in [0.15, 0.2) is 20.1 Å². The zero-order valence-corrected chi connectivity index (χ0v) is 14.0. The lowest BCUT2D eigenvalue weighted by Crippen LogP contribution is -2.47. The first-order chi connectivity index (χ1) is 8.60. The first-order valence-corrected chi connectivity index (χ1v) is 7.96. The van der Waals surface area contributed by atoms with Crippen molar-refractivity contribution >= 4 is 51.0 Å².